The maximum Gasteiger partial charge on any atom is 0.274 e. The van der Waals surface area contributed by atoms with Crippen molar-refractivity contribution in [1.29, 1.82) is 0 Å². The van der Waals surface area contributed by atoms with Gasteiger partial charge in [0, 0.05) is 30.6 Å². The number of nitro groups is 1. The molecule has 0 bridgehead atoms. The fourth-order valence-electron chi connectivity index (χ4n) is 2.76. The van der Waals surface area contributed by atoms with Crippen molar-refractivity contribution in [2.24, 2.45) is 0 Å². The first-order valence-corrected chi connectivity index (χ1v) is 9.74. The molecule has 3 aromatic rings. The lowest BCUT2D eigenvalue weighted by molar-refractivity contribution is -0.385. The Morgan fingerprint density at radius 1 is 1.14 bits per heavy atom. The summed E-state index contributed by atoms with van der Waals surface area (Å²) < 4.78 is 13.1. The highest BCUT2D eigenvalue weighted by Crippen LogP contribution is 2.26. The van der Waals surface area contributed by atoms with E-state index >= 15 is 0 Å². The van der Waals surface area contributed by atoms with Crippen LogP contribution in [0.3, 0.4) is 0 Å². The second kappa shape index (κ2) is 9.29. The Labute approximate surface area is 171 Å². The first kappa shape index (κ1) is 20.5. The monoisotopic (exact) mass is 411 g/mol. The van der Waals surface area contributed by atoms with Crippen molar-refractivity contribution in [2.45, 2.75) is 17.3 Å². The molecule has 0 aliphatic heterocycles. The second-order valence-electron chi connectivity index (χ2n) is 6.32. The number of para-hydroxylation sites is 1. The van der Waals surface area contributed by atoms with E-state index in [4.69, 9.17) is 0 Å². The average molecular weight is 411 g/mol. The van der Waals surface area contributed by atoms with Gasteiger partial charge in [-0.05, 0) is 29.8 Å². The highest BCUT2D eigenvalue weighted by molar-refractivity contribution is 7.98. The minimum absolute atomic E-state index is 0.0238. The van der Waals surface area contributed by atoms with Gasteiger partial charge in [-0.25, -0.2) is 9.37 Å². The largest absolute Gasteiger partial charge is 0.337 e. The van der Waals surface area contributed by atoms with Crippen LogP contribution in [0.5, 0.6) is 0 Å². The summed E-state index contributed by atoms with van der Waals surface area (Å²) in [6.45, 7) is 0.104. The summed E-state index contributed by atoms with van der Waals surface area (Å²) in [4.78, 5) is 29.4. The number of halogens is 1. The third-order valence-electron chi connectivity index (χ3n) is 4.23. The fourth-order valence-corrected chi connectivity index (χ4v) is 3.70. The van der Waals surface area contributed by atoms with E-state index in [0.717, 1.165) is 5.56 Å². The lowest BCUT2D eigenvalue weighted by atomic mass is 10.1. The Morgan fingerprint density at radius 3 is 2.59 bits per heavy atom. The zero-order valence-corrected chi connectivity index (χ0v) is 16.4. The standard InChI is InChI=1S/C21H18FN3O3S/c1-24(13-16-5-2-3-7-19(16)25(27)28)21(26)18-6-4-12-23-20(18)29-14-15-8-10-17(22)11-9-15/h2-12H,13-14H2,1H3. The highest BCUT2D eigenvalue weighted by atomic mass is 32.2. The number of nitro benzene ring substituents is 1. The zero-order valence-electron chi connectivity index (χ0n) is 15.6. The van der Waals surface area contributed by atoms with E-state index in [9.17, 15) is 19.3 Å². The van der Waals surface area contributed by atoms with E-state index in [1.807, 2.05) is 0 Å². The van der Waals surface area contributed by atoms with E-state index in [-0.39, 0.29) is 24.0 Å². The molecular weight excluding hydrogens is 393 g/mol. The van der Waals surface area contributed by atoms with Gasteiger partial charge >= 0.3 is 0 Å². The van der Waals surface area contributed by atoms with Crippen LogP contribution in [0.15, 0.2) is 71.9 Å². The van der Waals surface area contributed by atoms with Gasteiger partial charge in [-0.3, -0.25) is 14.9 Å². The lowest BCUT2D eigenvalue weighted by Gasteiger charge is -2.18. The highest BCUT2D eigenvalue weighted by Gasteiger charge is 2.20. The van der Waals surface area contributed by atoms with Gasteiger partial charge in [0.25, 0.3) is 11.6 Å². The van der Waals surface area contributed by atoms with Crippen LogP contribution in [0, 0.1) is 15.9 Å². The van der Waals surface area contributed by atoms with Gasteiger partial charge in [0.15, 0.2) is 0 Å². The van der Waals surface area contributed by atoms with Crippen LogP contribution < -0.4 is 0 Å². The first-order chi connectivity index (χ1) is 14.0. The smallest absolute Gasteiger partial charge is 0.274 e. The molecule has 1 aromatic heterocycles. The predicted molar refractivity (Wildman–Crippen MR) is 109 cm³/mol. The third-order valence-corrected chi connectivity index (χ3v) is 5.31. The average Bonchev–Trinajstić information content (AvgIpc) is 2.73. The molecule has 0 N–H and O–H groups in total. The number of thioether (sulfide) groups is 1. The Hall–Kier alpha value is -3.26. The van der Waals surface area contributed by atoms with Crippen LogP contribution in [-0.2, 0) is 12.3 Å². The van der Waals surface area contributed by atoms with Gasteiger partial charge in [-0.15, -0.1) is 11.8 Å². The van der Waals surface area contributed by atoms with Crippen LogP contribution in [0.2, 0.25) is 0 Å². The summed E-state index contributed by atoms with van der Waals surface area (Å²) in [6, 6.07) is 15.9. The van der Waals surface area contributed by atoms with Gasteiger partial charge < -0.3 is 4.90 Å². The van der Waals surface area contributed by atoms with Crippen molar-refractivity contribution in [3.05, 3.63) is 99.5 Å². The van der Waals surface area contributed by atoms with Gasteiger partial charge in [-0.1, -0.05) is 30.3 Å². The summed E-state index contributed by atoms with van der Waals surface area (Å²) in [5.41, 5.74) is 1.76. The predicted octanol–water partition coefficient (Wildman–Crippen LogP) is 4.69. The molecule has 6 nitrogen and oxygen atoms in total. The molecule has 0 atom stereocenters. The molecule has 0 fully saturated rings. The Morgan fingerprint density at radius 2 is 1.86 bits per heavy atom. The molecule has 29 heavy (non-hydrogen) atoms. The Kier molecular flexibility index (Phi) is 6.56. The molecule has 0 spiro atoms. The minimum atomic E-state index is -0.457. The molecule has 1 heterocycles. The number of benzene rings is 2. The number of aromatic nitrogens is 1. The number of nitrogens with zero attached hydrogens (tertiary/aromatic N) is 3. The van der Waals surface area contributed by atoms with Crippen LogP contribution in [0.25, 0.3) is 0 Å². The van der Waals surface area contributed by atoms with E-state index in [1.54, 1.807) is 55.7 Å². The van der Waals surface area contributed by atoms with Crippen LogP contribution in [0.4, 0.5) is 10.1 Å². The minimum Gasteiger partial charge on any atom is -0.337 e. The Bertz CT molecular complexity index is 1030. The molecule has 0 saturated heterocycles. The normalized spacial score (nSPS) is 10.6. The first-order valence-electron chi connectivity index (χ1n) is 8.75. The number of carbonyl (C=O) groups is 1. The van der Waals surface area contributed by atoms with Crippen molar-refractivity contribution in [3.8, 4) is 0 Å². The van der Waals surface area contributed by atoms with Crippen molar-refractivity contribution in [3.63, 3.8) is 0 Å². The maximum atomic E-state index is 13.1. The van der Waals surface area contributed by atoms with E-state index in [1.165, 1.54) is 34.9 Å². The van der Waals surface area contributed by atoms with Gasteiger partial charge in [0.05, 0.1) is 17.0 Å². The molecule has 0 aliphatic rings. The molecule has 0 unspecified atom stereocenters. The molecule has 0 radical (unpaired) electrons. The number of amides is 1. The number of pyridine rings is 1. The summed E-state index contributed by atoms with van der Waals surface area (Å²) in [5.74, 6) is -0.0484. The third kappa shape index (κ3) is 5.17. The second-order valence-corrected chi connectivity index (χ2v) is 7.28. The fraction of sp³-hybridized carbons (Fsp3) is 0.143. The van der Waals surface area contributed by atoms with Crippen molar-refractivity contribution in [2.75, 3.05) is 7.05 Å². The molecule has 8 heteroatoms. The number of hydrogen-bond donors (Lipinski definition) is 0. The summed E-state index contributed by atoms with van der Waals surface area (Å²) in [6.07, 6.45) is 1.60. The molecule has 2 aromatic carbocycles. The number of rotatable bonds is 7. The molecule has 1 amide bonds. The molecule has 0 aliphatic carbocycles. The SMILES string of the molecule is CN(Cc1ccccc1[N+](=O)[O-])C(=O)c1cccnc1SCc1ccc(F)cc1. The molecule has 0 saturated carbocycles. The van der Waals surface area contributed by atoms with Crippen molar-refractivity contribution in [1.82, 2.24) is 9.88 Å². The maximum absolute atomic E-state index is 13.1. The quantitative estimate of drug-likeness (QED) is 0.320. The zero-order chi connectivity index (χ0) is 20.8. The van der Waals surface area contributed by atoms with Gasteiger partial charge in [0.2, 0.25) is 0 Å². The summed E-state index contributed by atoms with van der Waals surface area (Å²) >= 11 is 1.38. The number of hydrogen-bond acceptors (Lipinski definition) is 5. The van der Waals surface area contributed by atoms with E-state index < -0.39 is 4.92 Å². The summed E-state index contributed by atoms with van der Waals surface area (Å²) in [5, 5.41) is 11.8. The number of carbonyl (C=O) groups excluding carboxylic acids is 1. The summed E-state index contributed by atoms with van der Waals surface area (Å²) in [7, 11) is 1.60. The molecule has 3 rings (SSSR count). The van der Waals surface area contributed by atoms with E-state index in [2.05, 4.69) is 4.98 Å². The van der Waals surface area contributed by atoms with Crippen LogP contribution >= 0.6 is 11.8 Å². The molecule has 148 valence electrons. The van der Waals surface area contributed by atoms with E-state index in [0.29, 0.717) is 21.9 Å². The van der Waals surface area contributed by atoms with Gasteiger partial charge in [0.1, 0.15) is 10.8 Å². The Balaban J connectivity index is 1.75. The van der Waals surface area contributed by atoms with Gasteiger partial charge in [-0.2, -0.15) is 0 Å². The topological polar surface area (TPSA) is 76.3 Å². The van der Waals surface area contributed by atoms with Crippen LogP contribution in [0.1, 0.15) is 21.5 Å². The van der Waals surface area contributed by atoms with Crippen molar-refractivity contribution >= 4 is 23.4 Å². The lowest BCUT2D eigenvalue weighted by Crippen LogP contribution is -2.27. The van der Waals surface area contributed by atoms with Crippen molar-refractivity contribution < 1.29 is 14.1 Å². The molecular formula is C21H18FN3O3S. The van der Waals surface area contributed by atoms with Crippen LogP contribution in [-0.4, -0.2) is 27.8 Å².